The minimum Gasteiger partial charge on any atom is -0.388 e. The molecule has 3 nitrogen and oxygen atoms in total. The Morgan fingerprint density at radius 2 is 2.31 bits per heavy atom. The van der Waals surface area contributed by atoms with Crippen molar-refractivity contribution < 1.29 is 9.90 Å². The predicted molar refractivity (Wildman–Crippen MR) is 47.3 cm³/mol. The van der Waals surface area contributed by atoms with Crippen molar-refractivity contribution in [2.45, 2.75) is 6.92 Å². The van der Waals surface area contributed by atoms with Gasteiger partial charge in [-0.2, -0.15) is 5.26 Å². The van der Waals surface area contributed by atoms with Gasteiger partial charge in [0.1, 0.15) is 6.61 Å². The van der Waals surface area contributed by atoms with E-state index in [1.165, 1.54) is 0 Å². The smallest absolute Gasteiger partial charge is 0.188 e. The fraction of sp³-hybridized carbons (Fsp3) is 0.200. The van der Waals surface area contributed by atoms with Gasteiger partial charge in [0.15, 0.2) is 5.78 Å². The van der Waals surface area contributed by atoms with Gasteiger partial charge in [-0.25, -0.2) is 0 Å². The highest BCUT2D eigenvalue weighted by molar-refractivity contribution is 5.98. The molecule has 13 heavy (non-hydrogen) atoms. The summed E-state index contributed by atoms with van der Waals surface area (Å²) in [5.41, 5.74) is 1.71. The van der Waals surface area contributed by atoms with Gasteiger partial charge in [-0.15, -0.1) is 0 Å². The van der Waals surface area contributed by atoms with Gasteiger partial charge in [0.05, 0.1) is 11.6 Å². The largest absolute Gasteiger partial charge is 0.388 e. The van der Waals surface area contributed by atoms with Crippen LogP contribution in [0, 0.1) is 18.3 Å². The van der Waals surface area contributed by atoms with Crippen LogP contribution >= 0.6 is 0 Å². The van der Waals surface area contributed by atoms with E-state index in [9.17, 15) is 4.79 Å². The Balaban J connectivity index is 3.14. The van der Waals surface area contributed by atoms with E-state index in [4.69, 9.17) is 10.4 Å². The standard InChI is InChI=1S/C10H9NO2/c1-7-4-8(5-11)2-3-9(7)10(13)6-12/h2-4,12H,6H2,1H3. The monoisotopic (exact) mass is 175 g/mol. The van der Waals surface area contributed by atoms with E-state index in [-0.39, 0.29) is 5.78 Å². The van der Waals surface area contributed by atoms with Gasteiger partial charge in [0, 0.05) is 5.56 Å². The summed E-state index contributed by atoms with van der Waals surface area (Å²) in [7, 11) is 0. The Morgan fingerprint density at radius 1 is 1.62 bits per heavy atom. The van der Waals surface area contributed by atoms with Crippen molar-refractivity contribution in [3.63, 3.8) is 0 Å². The molecule has 0 aliphatic heterocycles. The van der Waals surface area contributed by atoms with Crippen LogP contribution < -0.4 is 0 Å². The van der Waals surface area contributed by atoms with Crippen LogP contribution in [0.5, 0.6) is 0 Å². The Bertz CT molecular complexity index is 377. The number of carbonyl (C=O) groups excluding carboxylic acids is 1. The fourth-order valence-corrected chi connectivity index (χ4v) is 1.13. The van der Waals surface area contributed by atoms with Crippen molar-refractivity contribution in [2.24, 2.45) is 0 Å². The Labute approximate surface area is 76.2 Å². The summed E-state index contributed by atoms with van der Waals surface area (Å²) >= 11 is 0. The zero-order valence-corrected chi connectivity index (χ0v) is 7.24. The van der Waals surface area contributed by atoms with Crippen LogP contribution in [0.2, 0.25) is 0 Å². The lowest BCUT2D eigenvalue weighted by atomic mass is 10.0. The first-order valence-corrected chi connectivity index (χ1v) is 3.84. The minimum atomic E-state index is -0.493. The molecular weight excluding hydrogens is 166 g/mol. The highest BCUT2D eigenvalue weighted by atomic mass is 16.3. The number of aliphatic hydroxyl groups excluding tert-OH is 1. The molecule has 0 spiro atoms. The molecule has 0 heterocycles. The number of nitrogens with zero attached hydrogens (tertiary/aromatic N) is 1. The first-order valence-electron chi connectivity index (χ1n) is 3.84. The second kappa shape index (κ2) is 3.83. The number of hydrogen-bond donors (Lipinski definition) is 1. The molecule has 66 valence electrons. The maximum atomic E-state index is 11.1. The molecule has 1 N–H and O–H groups in total. The Hall–Kier alpha value is -1.66. The van der Waals surface area contributed by atoms with Crippen LogP contribution in [0.4, 0.5) is 0 Å². The van der Waals surface area contributed by atoms with Gasteiger partial charge in [-0.05, 0) is 30.7 Å². The maximum Gasteiger partial charge on any atom is 0.188 e. The van der Waals surface area contributed by atoms with Crippen molar-refractivity contribution in [3.05, 3.63) is 34.9 Å². The summed E-state index contributed by atoms with van der Waals surface area (Å²) in [5.74, 6) is -0.318. The van der Waals surface area contributed by atoms with Gasteiger partial charge in [0.2, 0.25) is 0 Å². The number of hydrogen-bond acceptors (Lipinski definition) is 3. The molecule has 3 heteroatoms. The molecule has 0 radical (unpaired) electrons. The van der Waals surface area contributed by atoms with Crippen LogP contribution in [0.25, 0.3) is 0 Å². The summed E-state index contributed by atoms with van der Waals surface area (Å²) in [6.45, 7) is 1.25. The summed E-state index contributed by atoms with van der Waals surface area (Å²) in [6, 6.07) is 6.73. The average Bonchev–Trinajstić information content (AvgIpc) is 2.16. The van der Waals surface area contributed by atoms with Crippen LogP contribution in [0.3, 0.4) is 0 Å². The van der Waals surface area contributed by atoms with Crippen molar-refractivity contribution in [1.29, 1.82) is 5.26 Å². The molecule has 0 saturated carbocycles. The van der Waals surface area contributed by atoms with E-state index >= 15 is 0 Å². The Morgan fingerprint density at radius 3 is 2.77 bits per heavy atom. The van der Waals surface area contributed by atoms with Crippen LogP contribution in [0.15, 0.2) is 18.2 Å². The summed E-state index contributed by atoms with van der Waals surface area (Å²) in [5, 5.41) is 17.2. The molecule has 0 aliphatic rings. The zero-order chi connectivity index (χ0) is 9.84. The lowest BCUT2D eigenvalue weighted by molar-refractivity contribution is 0.0903. The lowest BCUT2D eigenvalue weighted by Crippen LogP contribution is -2.06. The highest BCUT2D eigenvalue weighted by Gasteiger charge is 2.07. The first kappa shape index (κ1) is 9.43. The van der Waals surface area contributed by atoms with Crippen LogP contribution in [-0.4, -0.2) is 17.5 Å². The highest BCUT2D eigenvalue weighted by Crippen LogP contribution is 2.10. The molecule has 1 rings (SSSR count). The molecule has 0 aliphatic carbocycles. The minimum absolute atomic E-state index is 0.318. The van der Waals surface area contributed by atoms with Gasteiger partial charge in [0.25, 0.3) is 0 Å². The maximum absolute atomic E-state index is 11.1. The molecule has 0 unspecified atom stereocenters. The van der Waals surface area contributed by atoms with Gasteiger partial charge < -0.3 is 5.11 Å². The molecular formula is C10H9NO2. The number of aryl methyl sites for hydroxylation is 1. The van der Waals surface area contributed by atoms with E-state index in [1.54, 1.807) is 25.1 Å². The average molecular weight is 175 g/mol. The van der Waals surface area contributed by atoms with Crippen LogP contribution in [0.1, 0.15) is 21.5 Å². The topological polar surface area (TPSA) is 61.1 Å². The summed E-state index contributed by atoms with van der Waals surface area (Å²) in [4.78, 5) is 11.1. The first-order chi connectivity index (χ1) is 6.19. The number of ketones is 1. The molecule has 0 fully saturated rings. The third-order valence-electron chi connectivity index (χ3n) is 1.80. The second-order valence-corrected chi connectivity index (χ2v) is 2.72. The molecule has 0 bridgehead atoms. The van der Waals surface area contributed by atoms with Gasteiger partial charge in [-0.1, -0.05) is 0 Å². The van der Waals surface area contributed by atoms with Crippen molar-refractivity contribution in [3.8, 4) is 6.07 Å². The number of nitriles is 1. The third-order valence-corrected chi connectivity index (χ3v) is 1.80. The van der Waals surface area contributed by atoms with Gasteiger partial charge >= 0.3 is 0 Å². The van der Waals surface area contributed by atoms with Crippen molar-refractivity contribution in [2.75, 3.05) is 6.61 Å². The number of aliphatic hydroxyl groups is 1. The zero-order valence-electron chi connectivity index (χ0n) is 7.24. The van der Waals surface area contributed by atoms with E-state index in [1.807, 2.05) is 6.07 Å². The Kier molecular flexibility index (Phi) is 2.78. The quantitative estimate of drug-likeness (QED) is 0.683. The third kappa shape index (κ3) is 1.92. The normalized spacial score (nSPS) is 9.31. The number of benzene rings is 1. The molecule has 0 atom stereocenters. The predicted octanol–water partition coefficient (Wildman–Crippen LogP) is 1.04. The van der Waals surface area contributed by atoms with Crippen molar-refractivity contribution in [1.82, 2.24) is 0 Å². The summed E-state index contributed by atoms with van der Waals surface area (Å²) < 4.78 is 0. The lowest BCUT2D eigenvalue weighted by Gasteiger charge is -2.01. The fourth-order valence-electron chi connectivity index (χ4n) is 1.13. The SMILES string of the molecule is Cc1cc(C#N)ccc1C(=O)CO. The molecule has 1 aromatic carbocycles. The molecule has 1 aromatic rings. The van der Waals surface area contributed by atoms with Crippen LogP contribution in [-0.2, 0) is 0 Å². The van der Waals surface area contributed by atoms with Gasteiger partial charge in [-0.3, -0.25) is 4.79 Å². The number of rotatable bonds is 2. The van der Waals surface area contributed by atoms with E-state index < -0.39 is 6.61 Å². The second-order valence-electron chi connectivity index (χ2n) is 2.72. The molecule has 0 amide bonds. The number of carbonyl (C=O) groups is 1. The summed E-state index contributed by atoms with van der Waals surface area (Å²) in [6.07, 6.45) is 0. The van der Waals surface area contributed by atoms with E-state index in [2.05, 4.69) is 0 Å². The van der Waals surface area contributed by atoms with E-state index in [0.29, 0.717) is 11.1 Å². The molecule has 0 aromatic heterocycles. The van der Waals surface area contributed by atoms with E-state index in [0.717, 1.165) is 5.56 Å². The van der Waals surface area contributed by atoms with Crippen molar-refractivity contribution >= 4 is 5.78 Å². The number of Topliss-reactive ketones (excluding diaryl/α,β-unsaturated/α-hetero) is 1. The molecule has 0 saturated heterocycles.